The normalized spacial score (nSPS) is 12.4. The number of unbranched alkanes of at least 4 members (excludes halogenated alkanes) is 28. The predicted octanol–water partition coefficient (Wildman–Crippen LogP) is 14.9. The minimum Gasteiger partial charge on any atom is -0.0654 e. The molecule has 1 unspecified atom stereocenters. The summed E-state index contributed by atoms with van der Waals surface area (Å²) in [4.78, 5) is 0. The van der Waals surface area contributed by atoms with Crippen molar-refractivity contribution in [2.24, 2.45) is 5.92 Å². The summed E-state index contributed by atoms with van der Waals surface area (Å²) in [5, 5.41) is 0. The van der Waals surface area contributed by atoms with Gasteiger partial charge in [0, 0.05) is 0 Å². The van der Waals surface area contributed by atoms with Crippen LogP contribution >= 0.6 is 0 Å². The molecule has 230 valence electrons. The molecule has 0 spiro atoms. The van der Waals surface area contributed by atoms with Crippen molar-refractivity contribution in [3.63, 3.8) is 0 Å². The van der Waals surface area contributed by atoms with Gasteiger partial charge >= 0.3 is 0 Å². The molecular formula is C38H78. The van der Waals surface area contributed by atoms with Gasteiger partial charge in [-0.3, -0.25) is 0 Å². The van der Waals surface area contributed by atoms with Crippen molar-refractivity contribution in [3.05, 3.63) is 0 Å². The molecule has 1 atom stereocenters. The molecule has 0 amide bonds. The molecule has 0 saturated heterocycles. The highest BCUT2D eigenvalue weighted by atomic mass is 14.1. The van der Waals surface area contributed by atoms with E-state index in [1.165, 1.54) is 218 Å². The Balaban J connectivity index is 3.54. The maximum absolute atomic E-state index is 2.36. The maximum atomic E-state index is 2.36. The maximum Gasteiger partial charge on any atom is -0.0414 e. The molecule has 0 aliphatic rings. The smallest absolute Gasteiger partial charge is 0.0414 e. The summed E-state index contributed by atoms with van der Waals surface area (Å²) in [6, 6.07) is 0. The van der Waals surface area contributed by atoms with Crippen LogP contribution in [-0.2, 0) is 0 Å². The van der Waals surface area contributed by atoms with Gasteiger partial charge in [-0.2, -0.15) is 0 Å². The third-order valence-corrected chi connectivity index (χ3v) is 9.15. The summed E-state index contributed by atoms with van der Waals surface area (Å²) in [7, 11) is 0. The minimum atomic E-state index is 1.04. The van der Waals surface area contributed by atoms with Gasteiger partial charge in [0.25, 0.3) is 0 Å². The van der Waals surface area contributed by atoms with Gasteiger partial charge in [0.05, 0.1) is 0 Å². The molecule has 0 N–H and O–H groups in total. The van der Waals surface area contributed by atoms with Crippen LogP contribution in [-0.4, -0.2) is 0 Å². The lowest BCUT2D eigenvalue weighted by Gasteiger charge is -2.17. The van der Waals surface area contributed by atoms with E-state index in [0.717, 1.165) is 5.92 Å². The van der Waals surface area contributed by atoms with E-state index in [4.69, 9.17) is 0 Å². The van der Waals surface area contributed by atoms with Crippen LogP contribution in [0.15, 0.2) is 0 Å². The molecule has 0 heteroatoms. The monoisotopic (exact) mass is 535 g/mol. The minimum absolute atomic E-state index is 1.04. The second kappa shape index (κ2) is 35.0. The largest absolute Gasteiger partial charge is 0.0654 e. The zero-order valence-electron chi connectivity index (χ0n) is 27.6. The average molecular weight is 535 g/mol. The van der Waals surface area contributed by atoms with Crippen molar-refractivity contribution in [1.82, 2.24) is 0 Å². The summed E-state index contributed by atoms with van der Waals surface area (Å²) >= 11 is 0. The Kier molecular flexibility index (Phi) is 35.0. The lowest BCUT2D eigenvalue weighted by molar-refractivity contribution is 0.367. The fourth-order valence-electron chi connectivity index (χ4n) is 6.37. The zero-order chi connectivity index (χ0) is 27.6. The van der Waals surface area contributed by atoms with Crippen LogP contribution in [0.2, 0.25) is 0 Å². The molecule has 0 fully saturated rings. The third kappa shape index (κ3) is 32.2. The van der Waals surface area contributed by atoms with Gasteiger partial charge in [-0.05, 0) is 5.92 Å². The lowest BCUT2D eigenvalue weighted by atomic mass is 9.89. The van der Waals surface area contributed by atoms with Gasteiger partial charge in [-0.15, -0.1) is 0 Å². The molecule has 0 rings (SSSR count). The van der Waals surface area contributed by atoms with Gasteiger partial charge in [0.15, 0.2) is 0 Å². The molecular weight excluding hydrogens is 456 g/mol. The van der Waals surface area contributed by atoms with E-state index in [1.807, 2.05) is 0 Å². The van der Waals surface area contributed by atoms with E-state index in [9.17, 15) is 0 Å². The van der Waals surface area contributed by atoms with Crippen molar-refractivity contribution < 1.29 is 0 Å². The number of rotatable bonds is 34. The molecule has 0 aliphatic carbocycles. The second-order valence-electron chi connectivity index (χ2n) is 13.1. The Morgan fingerprint density at radius 1 is 0.211 bits per heavy atom. The number of hydrogen-bond donors (Lipinski definition) is 0. The topological polar surface area (TPSA) is 0 Å². The molecule has 0 nitrogen and oxygen atoms in total. The molecule has 0 saturated carbocycles. The van der Waals surface area contributed by atoms with E-state index < -0.39 is 0 Å². The first-order chi connectivity index (χ1) is 18.8. The van der Waals surface area contributed by atoms with E-state index >= 15 is 0 Å². The molecule has 0 aromatic carbocycles. The molecule has 0 aromatic rings. The molecule has 0 bridgehead atoms. The van der Waals surface area contributed by atoms with E-state index in [0.29, 0.717) is 0 Å². The van der Waals surface area contributed by atoms with Gasteiger partial charge < -0.3 is 0 Å². The van der Waals surface area contributed by atoms with Crippen molar-refractivity contribution in [2.45, 2.75) is 239 Å². The lowest BCUT2D eigenvalue weighted by Crippen LogP contribution is -2.01. The van der Waals surface area contributed by atoms with Crippen LogP contribution in [0.1, 0.15) is 239 Å². The van der Waals surface area contributed by atoms with E-state index in [1.54, 1.807) is 0 Å². The Labute approximate surface area is 244 Å². The Hall–Kier alpha value is 0. The highest BCUT2D eigenvalue weighted by Crippen LogP contribution is 2.24. The fraction of sp³-hybridized carbons (Fsp3) is 1.00. The second-order valence-corrected chi connectivity index (χ2v) is 13.1. The van der Waals surface area contributed by atoms with E-state index in [-0.39, 0.29) is 0 Å². The fourth-order valence-corrected chi connectivity index (χ4v) is 6.37. The van der Waals surface area contributed by atoms with Crippen molar-refractivity contribution in [3.8, 4) is 0 Å². The summed E-state index contributed by atoms with van der Waals surface area (Å²) in [6.07, 6.45) is 50.3. The molecule has 0 heterocycles. The molecule has 0 radical (unpaired) electrons. The van der Waals surface area contributed by atoms with Crippen LogP contribution in [0.3, 0.4) is 0 Å². The van der Waals surface area contributed by atoms with Gasteiger partial charge in [0.2, 0.25) is 0 Å². The van der Waals surface area contributed by atoms with Gasteiger partial charge in [0.1, 0.15) is 0 Å². The van der Waals surface area contributed by atoms with Crippen LogP contribution in [0, 0.1) is 5.92 Å². The SMILES string of the molecule is CCCCCCCCCCCCCCCCCCC(CCCCC)CCCCCCCCCCCCCC. The van der Waals surface area contributed by atoms with Crippen molar-refractivity contribution in [1.29, 1.82) is 0 Å². The third-order valence-electron chi connectivity index (χ3n) is 9.15. The standard InChI is InChI=1S/C38H78/c1-4-7-10-12-14-16-18-20-21-22-23-25-27-29-31-34-37-38(35-32-9-6-3)36-33-30-28-26-24-19-17-15-13-11-8-5-2/h38H,4-37H2,1-3H3. The first-order valence-electron chi connectivity index (χ1n) is 18.8. The predicted molar refractivity (Wildman–Crippen MR) is 177 cm³/mol. The summed E-state index contributed by atoms with van der Waals surface area (Å²) in [6.45, 7) is 6.98. The molecule has 0 aliphatic heterocycles. The van der Waals surface area contributed by atoms with Gasteiger partial charge in [-0.1, -0.05) is 239 Å². The zero-order valence-corrected chi connectivity index (χ0v) is 27.6. The Morgan fingerprint density at radius 2 is 0.368 bits per heavy atom. The van der Waals surface area contributed by atoms with Crippen LogP contribution in [0.5, 0.6) is 0 Å². The van der Waals surface area contributed by atoms with Crippen LogP contribution in [0.4, 0.5) is 0 Å². The highest BCUT2D eigenvalue weighted by Gasteiger charge is 2.08. The summed E-state index contributed by atoms with van der Waals surface area (Å²) < 4.78 is 0. The molecule has 38 heavy (non-hydrogen) atoms. The van der Waals surface area contributed by atoms with E-state index in [2.05, 4.69) is 20.8 Å². The molecule has 0 aromatic heterocycles. The Morgan fingerprint density at radius 3 is 0.605 bits per heavy atom. The Bertz CT molecular complexity index is 385. The quantitative estimate of drug-likeness (QED) is 0.0720. The average Bonchev–Trinajstić information content (AvgIpc) is 2.93. The van der Waals surface area contributed by atoms with Crippen molar-refractivity contribution in [2.75, 3.05) is 0 Å². The van der Waals surface area contributed by atoms with Crippen molar-refractivity contribution >= 4 is 0 Å². The first-order valence-corrected chi connectivity index (χ1v) is 18.8. The number of hydrogen-bond acceptors (Lipinski definition) is 0. The van der Waals surface area contributed by atoms with Crippen LogP contribution in [0.25, 0.3) is 0 Å². The summed E-state index contributed by atoms with van der Waals surface area (Å²) in [5.41, 5.74) is 0. The highest BCUT2D eigenvalue weighted by molar-refractivity contribution is 4.62. The summed E-state index contributed by atoms with van der Waals surface area (Å²) in [5.74, 6) is 1.04. The van der Waals surface area contributed by atoms with Gasteiger partial charge in [-0.25, -0.2) is 0 Å². The first kappa shape index (κ1) is 38.0. The van der Waals surface area contributed by atoms with Crippen LogP contribution < -0.4 is 0 Å².